The molecule has 1 N–H and O–H groups in total. The molecule has 0 aromatic heterocycles. The second-order valence-corrected chi connectivity index (χ2v) is 3.53. The van der Waals surface area contributed by atoms with E-state index in [0.717, 1.165) is 5.56 Å². The number of nitrogens with zero attached hydrogens (tertiary/aromatic N) is 2. The van der Waals surface area contributed by atoms with Gasteiger partial charge >= 0.3 is 0 Å². The summed E-state index contributed by atoms with van der Waals surface area (Å²) in [6.07, 6.45) is 0. The highest BCUT2D eigenvalue weighted by Crippen LogP contribution is 2.16. The Labute approximate surface area is 94.3 Å². The van der Waals surface area contributed by atoms with E-state index < -0.39 is 0 Å². The van der Waals surface area contributed by atoms with Gasteiger partial charge in [0.05, 0.1) is 5.69 Å². The fourth-order valence-electron chi connectivity index (χ4n) is 1.20. The summed E-state index contributed by atoms with van der Waals surface area (Å²) >= 11 is 0. The monoisotopic (exact) mass is 218 g/mol. The summed E-state index contributed by atoms with van der Waals surface area (Å²) in [5.41, 5.74) is 1.70. The van der Waals surface area contributed by atoms with Gasteiger partial charge in [-0.05, 0) is 31.5 Å². The van der Waals surface area contributed by atoms with E-state index in [2.05, 4.69) is 10.2 Å². The van der Waals surface area contributed by atoms with Crippen LogP contribution < -0.4 is 0 Å². The van der Waals surface area contributed by atoms with Crippen LogP contribution in [0.5, 0.6) is 0 Å². The van der Waals surface area contributed by atoms with Gasteiger partial charge in [0.1, 0.15) is 5.76 Å². The van der Waals surface area contributed by atoms with Crippen LogP contribution in [-0.2, 0) is 4.79 Å². The first-order valence-corrected chi connectivity index (χ1v) is 4.90. The molecule has 16 heavy (non-hydrogen) atoms. The van der Waals surface area contributed by atoms with Crippen LogP contribution in [0.4, 0.5) is 5.69 Å². The molecule has 4 heteroatoms. The Morgan fingerprint density at radius 1 is 1.31 bits per heavy atom. The van der Waals surface area contributed by atoms with Crippen molar-refractivity contribution in [1.82, 2.24) is 0 Å². The molecule has 4 nitrogen and oxygen atoms in total. The Kier molecular flexibility index (Phi) is 3.94. The van der Waals surface area contributed by atoms with Crippen molar-refractivity contribution in [3.05, 3.63) is 41.3 Å². The molecule has 0 aliphatic carbocycles. The third-order valence-corrected chi connectivity index (χ3v) is 1.94. The molecule has 0 amide bonds. The predicted octanol–water partition coefficient (Wildman–Crippen LogP) is 3.46. The molecule has 1 aromatic rings. The van der Waals surface area contributed by atoms with E-state index >= 15 is 0 Å². The van der Waals surface area contributed by atoms with Crippen molar-refractivity contribution in [1.29, 1.82) is 0 Å². The van der Waals surface area contributed by atoms with Gasteiger partial charge in [0.15, 0.2) is 11.5 Å². The molecular formula is C12H14N2O2. The zero-order chi connectivity index (χ0) is 12.1. The number of Topliss-reactive ketones (excluding diaryl/α,β-unsaturated/α-hetero) is 1. The van der Waals surface area contributed by atoms with E-state index in [-0.39, 0.29) is 17.2 Å². The minimum absolute atomic E-state index is 0.0125. The molecule has 0 aliphatic rings. The third kappa shape index (κ3) is 3.31. The summed E-state index contributed by atoms with van der Waals surface area (Å²) in [5.74, 6) is -0.430. The highest BCUT2D eigenvalue weighted by molar-refractivity contribution is 5.93. The first kappa shape index (κ1) is 12.1. The van der Waals surface area contributed by atoms with Crippen LogP contribution >= 0.6 is 0 Å². The third-order valence-electron chi connectivity index (χ3n) is 1.94. The quantitative estimate of drug-likeness (QED) is 0.479. The highest BCUT2D eigenvalue weighted by Gasteiger charge is 2.06. The lowest BCUT2D eigenvalue weighted by Gasteiger charge is -1.97. The molecule has 0 spiro atoms. The van der Waals surface area contributed by atoms with Crippen LogP contribution in [0.3, 0.4) is 0 Å². The summed E-state index contributed by atoms with van der Waals surface area (Å²) in [4.78, 5) is 11.1. The maximum atomic E-state index is 11.1. The van der Waals surface area contributed by atoms with Crippen molar-refractivity contribution >= 4 is 11.5 Å². The molecule has 1 rings (SSSR count). The zero-order valence-corrected chi connectivity index (χ0v) is 9.56. The summed E-state index contributed by atoms with van der Waals surface area (Å²) in [7, 11) is 0. The van der Waals surface area contributed by atoms with Crippen LogP contribution in [0.1, 0.15) is 19.4 Å². The number of hydrogen-bond donors (Lipinski definition) is 1. The van der Waals surface area contributed by atoms with Gasteiger partial charge in [-0.15, -0.1) is 5.11 Å². The number of carbonyl (C=O) groups is 1. The summed E-state index contributed by atoms with van der Waals surface area (Å²) in [6, 6.07) is 7.42. The maximum absolute atomic E-state index is 11.1. The van der Waals surface area contributed by atoms with Crippen LogP contribution in [0.15, 0.2) is 46.0 Å². The SMILES string of the molecule is CC(=O)/C(N=Nc1cccc(C)c1)=C(/C)O. The summed E-state index contributed by atoms with van der Waals surface area (Å²) in [6.45, 7) is 4.69. The number of allylic oxidation sites excluding steroid dienone is 2. The lowest BCUT2D eigenvalue weighted by Crippen LogP contribution is -1.96. The van der Waals surface area contributed by atoms with Gasteiger partial charge in [-0.25, -0.2) is 0 Å². The Balaban J connectivity index is 2.96. The average Bonchev–Trinajstić information content (AvgIpc) is 2.16. The van der Waals surface area contributed by atoms with E-state index in [4.69, 9.17) is 0 Å². The Hall–Kier alpha value is -1.97. The van der Waals surface area contributed by atoms with E-state index in [1.54, 1.807) is 6.07 Å². The standard InChI is InChI=1S/C12H14N2O2/c1-8-5-4-6-11(7-8)13-14-12(9(2)15)10(3)16/h4-7,15H,1-3H3/b12-9+,14-13?. The van der Waals surface area contributed by atoms with Crippen LogP contribution in [0.2, 0.25) is 0 Å². The number of ketones is 1. The topological polar surface area (TPSA) is 62.0 Å². The number of rotatable bonds is 3. The molecule has 0 saturated heterocycles. The van der Waals surface area contributed by atoms with Gasteiger partial charge in [-0.2, -0.15) is 5.11 Å². The van der Waals surface area contributed by atoms with Crippen molar-refractivity contribution in [3.63, 3.8) is 0 Å². The Bertz CT molecular complexity index is 458. The molecular weight excluding hydrogens is 204 g/mol. The molecule has 84 valence electrons. The number of benzene rings is 1. The van der Waals surface area contributed by atoms with Gasteiger partial charge in [-0.1, -0.05) is 12.1 Å². The number of hydrogen-bond acceptors (Lipinski definition) is 4. The summed E-state index contributed by atoms with van der Waals surface area (Å²) < 4.78 is 0. The fraction of sp³-hybridized carbons (Fsp3) is 0.250. The molecule has 0 unspecified atom stereocenters. The molecule has 0 aliphatic heterocycles. The van der Waals surface area contributed by atoms with Gasteiger partial charge in [0.2, 0.25) is 0 Å². The van der Waals surface area contributed by atoms with Crippen molar-refractivity contribution in [2.24, 2.45) is 10.2 Å². The fourth-order valence-corrected chi connectivity index (χ4v) is 1.20. The lowest BCUT2D eigenvalue weighted by atomic mass is 10.2. The van der Waals surface area contributed by atoms with E-state index in [1.165, 1.54) is 13.8 Å². The molecule has 0 atom stereocenters. The zero-order valence-electron chi connectivity index (χ0n) is 9.56. The largest absolute Gasteiger partial charge is 0.510 e. The number of aliphatic hydroxyl groups excluding tert-OH is 1. The van der Waals surface area contributed by atoms with E-state index in [0.29, 0.717) is 5.69 Å². The van der Waals surface area contributed by atoms with Crippen LogP contribution in [-0.4, -0.2) is 10.9 Å². The van der Waals surface area contributed by atoms with Crippen molar-refractivity contribution in [3.8, 4) is 0 Å². The predicted molar refractivity (Wildman–Crippen MR) is 61.7 cm³/mol. The van der Waals surface area contributed by atoms with Crippen LogP contribution in [0.25, 0.3) is 0 Å². The minimum atomic E-state index is -0.309. The first-order chi connectivity index (χ1) is 7.50. The molecule has 0 fully saturated rings. The van der Waals surface area contributed by atoms with Gasteiger partial charge in [0, 0.05) is 6.92 Å². The van der Waals surface area contributed by atoms with Crippen molar-refractivity contribution < 1.29 is 9.90 Å². The number of carbonyl (C=O) groups excluding carboxylic acids is 1. The highest BCUT2D eigenvalue weighted by atomic mass is 16.3. The maximum Gasteiger partial charge on any atom is 0.183 e. The number of azo groups is 1. The number of aryl methyl sites for hydroxylation is 1. The Morgan fingerprint density at radius 3 is 2.50 bits per heavy atom. The molecule has 0 saturated carbocycles. The van der Waals surface area contributed by atoms with Crippen LogP contribution in [0, 0.1) is 6.92 Å². The molecule has 0 bridgehead atoms. The summed E-state index contributed by atoms with van der Waals surface area (Å²) in [5, 5.41) is 16.9. The van der Waals surface area contributed by atoms with Crippen molar-refractivity contribution in [2.45, 2.75) is 20.8 Å². The normalized spacial score (nSPS) is 12.7. The molecule has 1 aromatic carbocycles. The van der Waals surface area contributed by atoms with Gasteiger partial charge < -0.3 is 5.11 Å². The lowest BCUT2D eigenvalue weighted by molar-refractivity contribution is -0.113. The number of aliphatic hydroxyl groups is 1. The minimum Gasteiger partial charge on any atom is -0.510 e. The Morgan fingerprint density at radius 2 is 2.00 bits per heavy atom. The van der Waals surface area contributed by atoms with E-state index in [1.807, 2.05) is 25.1 Å². The first-order valence-electron chi connectivity index (χ1n) is 4.90. The second kappa shape index (κ2) is 5.21. The van der Waals surface area contributed by atoms with Crippen molar-refractivity contribution in [2.75, 3.05) is 0 Å². The smallest absolute Gasteiger partial charge is 0.183 e. The van der Waals surface area contributed by atoms with Gasteiger partial charge in [0.25, 0.3) is 0 Å². The van der Waals surface area contributed by atoms with E-state index in [9.17, 15) is 9.90 Å². The van der Waals surface area contributed by atoms with Gasteiger partial charge in [-0.3, -0.25) is 4.79 Å². The molecule has 0 radical (unpaired) electrons. The average molecular weight is 218 g/mol. The second-order valence-electron chi connectivity index (χ2n) is 3.53. The molecule has 0 heterocycles.